The number of aliphatic hydroxyl groups is 1. The van der Waals surface area contributed by atoms with Gasteiger partial charge in [-0.2, -0.15) is 11.8 Å². The molecule has 0 fully saturated rings. The Kier molecular flexibility index (Phi) is 7.03. The minimum absolute atomic E-state index is 0.164. The minimum atomic E-state index is -0.184. The van der Waals surface area contributed by atoms with E-state index in [0.717, 1.165) is 11.5 Å². The van der Waals surface area contributed by atoms with Gasteiger partial charge in [0.1, 0.15) is 5.76 Å². The van der Waals surface area contributed by atoms with E-state index in [2.05, 4.69) is 52.1 Å². The van der Waals surface area contributed by atoms with Crippen LogP contribution in [0, 0.1) is 6.92 Å². The van der Waals surface area contributed by atoms with Crippen LogP contribution in [0.1, 0.15) is 79.1 Å². The lowest BCUT2D eigenvalue weighted by atomic mass is 9.62. The Morgan fingerprint density at radius 1 is 1.10 bits per heavy atom. The summed E-state index contributed by atoms with van der Waals surface area (Å²) in [5.74, 6) is 2.45. The van der Waals surface area contributed by atoms with Crippen molar-refractivity contribution in [1.82, 2.24) is 5.32 Å². The quantitative estimate of drug-likeness (QED) is 0.581. The zero-order valence-corrected chi connectivity index (χ0v) is 19.7. The van der Waals surface area contributed by atoms with Crippen molar-refractivity contribution in [3.63, 3.8) is 0 Å². The Morgan fingerprint density at radius 2 is 1.77 bits per heavy atom. The summed E-state index contributed by atoms with van der Waals surface area (Å²) in [7, 11) is 0. The lowest BCUT2D eigenvalue weighted by Gasteiger charge is -2.42. The number of furan rings is 1. The number of aryl methyl sites for hydroxylation is 1. The minimum Gasteiger partial charge on any atom is -0.456 e. The van der Waals surface area contributed by atoms with Crippen LogP contribution in [0.3, 0.4) is 0 Å². The maximum absolute atomic E-state index is 12.3. The predicted molar refractivity (Wildman–Crippen MR) is 125 cm³/mol. The van der Waals surface area contributed by atoms with Crippen molar-refractivity contribution in [2.45, 2.75) is 64.7 Å². The van der Waals surface area contributed by atoms with Gasteiger partial charge in [-0.05, 0) is 65.0 Å². The first-order valence-electron chi connectivity index (χ1n) is 10.8. The first kappa shape index (κ1) is 23.0. The first-order valence-corrected chi connectivity index (χ1v) is 12.0. The van der Waals surface area contributed by atoms with Crippen molar-refractivity contribution in [2.75, 3.05) is 24.7 Å². The van der Waals surface area contributed by atoms with Gasteiger partial charge in [-0.15, -0.1) is 0 Å². The molecule has 1 aromatic carbocycles. The first-order chi connectivity index (χ1) is 14.1. The maximum atomic E-state index is 12.3. The standard InChI is InChI=1S/C25H35NO3S/c1-17-14-20-21(25(4,5)9-8-24(20,2)3)16-18(17)15-19-6-7-22(29-19)23(28)26-10-12-30-13-11-27/h6-7,14,16,27H,8-13,15H2,1-5H3,(H,26,28). The molecule has 30 heavy (non-hydrogen) atoms. The highest BCUT2D eigenvalue weighted by Crippen LogP contribution is 2.46. The van der Waals surface area contributed by atoms with Crippen molar-refractivity contribution in [1.29, 1.82) is 0 Å². The number of benzene rings is 1. The van der Waals surface area contributed by atoms with E-state index < -0.39 is 0 Å². The summed E-state index contributed by atoms with van der Waals surface area (Å²) in [4.78, 5) is 12.3. The van der Waals surface area contributed by atoms with Crippen LogP contribution in [0.2, 0.25) is 0 Å². The zero-order chi connectivity index (χ0) is 21.9. The van der Waals surface area contributed by atoms with Gasteiger partial charge in [0, 0.05) is 24.5 Å². The molecule has 1 amide bonds. The number of carbonyl (C=O) groups is 1. The second kappa shape index (κ2) is 9.19. The van der Waals surface area contributed by atoms with Crippen molar-refractivity contribution in [3.8, 4) is 0 Å². The van der Waals surface area contributed by atoms with E-state index in [1.807, 2.05) is 6.07 Å². The highest BCUT2D eigenvalue weighted by atomic mass is 32.2. The van der Waals surface area contributed by atoms with Crippen LogP contribution in [0.25, 0.3) is 0 Å². The number of hydrogen-bond acceptors (Lipinski definition) is 4. The second-order valence-electron chi connectivity index (χ2n) is 9.63. The third kappa shape index (κ3) is 5.12. The Morgan fingerprint density at radius 3 is 2.43 bits per heavy atom. The number of aliphatic hydroxyl groups excluding tert-OH is 1. The molecule has 0 bridgehead atoms. The molecule has 5 heteroatoms. The molecule has 0 aliphatic heterocycles. The summed E-state index contributed by atoms with van der Waals surface area (Å²) in [6.45, 7) is 12.3. The van der Waals surface area contributed by atoms with E-state index in [-0.39, 0.29) is 23.3 Å². The van der Waals surface area contributed by atoms with Crippen molar-refractivity contribution >= 4 is 17.7 Å². The fourth-order valence-corrected chi connectivity index (χ4v) is 4.81. The molecular formula is C25H35NO3S. The molecule has 0 radical (unpaired) electrons. The Hall–Kier alpha value is -1.72. The van der Waals surface area contributed by atoms with Crippen LogP contribution in [0.15, 0.2) is 28.7 Å². The van der Waals surface area contributed by atoms with Crippen LogP contribution in [0.4, 0.5) is 0 Å². The SMILES string of the molecule is Cc1cc2c(cc1Cc1ccc(C(=O)NCCSCCO)o1)C(C)(C)CCC2(C)C. The molecule has 1 aliphatic carbocycles. The fourth-order valence-electron chi connectivity index (χ4n) is 4.23. The van der Waals surface area contributed by atoms with Crippen LogP contribution >= 0.6 is 11.8 Å². The van der Waals surface area contributed by atoms with Crippen LogP contribution in [-0.4, -0.2) is 35.7 Å². The van der Waals surface area contributed by atoms with Gasteiger partial charge in [0.2, 0.25) is 0 Å². The van der Waals surface area contributed by atoms with Gasteiger partial charge in [0.05, 0.1) is 6.61 Å². The average Bonchev–Trinajstić information content (AvgIpc) is 3.15. The van der Waals surface area contributed by atoms with Crippen LogP contribution < -0.4 is 5.32 Å². The lowest BCUT2D eigenvalue weighted by Crippen LogP contribution is -2.34. The van der Waals surface area contributed by atoms with Crippen LogP contribution in [-0.2, 0) is 17.3 Å². The summed E-state index contributed by atoms with van der Waals surface area (Å²) < 4.78 is 5.86. The Balaban J connectivity index is 1.73. The summed E-state index contributed by atoms with van der Waals surface area (Å²) in [6.07, 6.45) is 3.09. The highest BCUT2D eigenvalue weighted by Gasteiger charge is 2.37. The molecule has 4 nitrogen and oxygen atoms in total. The zero-order valence-electron chi connectivity index (χ0n) is 18.9. The maximum Gasteiger partial charge on any atom is 0.287 e. The van der Waals surface area contributed by atoms with Crippen molar-refractivity contribution in [3.05, 3.63) is 58.0 Å². The number of hydrogen-bond donors (Lipinski definition) is 2. The van der Waals surface area contributed by atoms with E-state index in [1.165, 1.54) is 35.1 Å². The summed E-state index contributed by atoms with van der Waals surface area (Å²) in [5, 5.41) is 11.7. The third-order valence-corrected chi connectivity index (χ3v) is 7.29. The Bertz CT molecular complexity index is 898. The van der Waals surface area contributed by atoms with Gasteiger partial charge in [-0.25, -0.2) is 0 Å². The van der Waals surface area contributed by atoms with Gasteiger partial charge >= 0.3 is 0 Å². The molecule has 164 valence electrons. The Labute approximate surface area is 184 Å². The summed E-state index contributed by atoms with van der Waals surface area (Å²) >= 11 is 1.61. The van der Waals surface area contributed by atoms with Gasteiger partial charge in [0.15, 0.2) is 5.76 Å². The molecule has 1 aromatic heterocycles. The molecule has 2 N–H and O–H groups in total. The monoisotopic (exact) mass is 429 g/mol. The molecule has 1 heterocycles. The molecule has 0 saturated carbocycles. The molecule has 2 aromatic rings. The van der Waals surface area contributed by atoms with Gasteiger partial charge in [0.25, 0.3) is 5.91 Å². The predicted octanol–water partition coefficient (Wildman–Crippen LogP) is 4.98. The van der Waals surface area contributed by atoms with Gasteiger partial charge in [-0.3, -0.25) is 4.79 Å². The largest absolute Gasteiger partial charge is 0.456 e. The molecule has 1 aliphatic rings. The highest BCUT2D eigenvalue weighted by molar-refractivity contribution is 7.99. The topological polar surface area (TPSA) is 62.5 Å². The van der Waals surface area contributed by atoms with Crippen LogP contribution in [0.5, 0.6) is 0 Å². The third-order valence-electron chi connectivity index (χ3n) is 6.33. The molecular weight excluding hydrogens is 394 g/mol. The molecule has 0 unspecified atom stereocenters. The molecule has 0 saturated heterocycles. The van der Waals surface area contributed by atoms with E-state index in [0.29, 0.717) is 24.5 Å². The van der Waals surface area contributed by atoms with Crippen molar-refractivity contribution in [2.24, 2.45) is 0 Å². The van der Waals surface area contributed by atoms with E-state index >= 15 is 0 Å². The molecule has 3 rings (SSSR count). The number of rotatable bonds is 8. The number of carbonyl (C=O) groups excluding carboxylic acids is 1. The number of fused-ring (bicyclic) bond motifs is 1. The van der Waals surface area contributed by atoms with Gasteiger partial charge < -0.3 is 14.8 Å². The average molecular weight is 430 g/mol. The molecule has 0 spiro atoms. The van der Waals surface area contributed by atoms with E-state index in [1.54, 1.807) is 17.8 Å². The smallest absolute Gasteiger partial charge is 0.287 e. The van der Waals surface area contributed by atoms with E-state index in [9.17, 15) is 4.79 Å². The molecule has 0 atom stereocenters. The summed E-state index contributed by atoms with van der Waals surface area (Å²) in [5.41, 5.74) is 5.85. The normalized spacial score (nSPS) is 16.9. The van der Waals surface area contributed by atoms with E-state index in [4.69, 9.17) is 9.52 Å². The summed E-state index contributed by atoms with van der Waals surface area (Å²) in [6, 6.07) is 8.40. The van der Waals surface area contributed by atoms with Crippen molar-refractivity contribution < 1.29 is 14.3 Å². The number of thioether (sulfide) groups is 1. The second-order valence-corrected chi connectivity index (χ2v) is 10.9. The lowest BCUT2D eigenvalue weighted by molar-refractivity contribution is 0.0927. The fraction of sp³-hybridized carbons (Fsp3) is 0.560. The number of amides is 1. The van der Waals surface area contributed by atoms with Gasteiger partial charge in [-0.1, -0.05) is 39.8 Å². The number of nitrogens with one attached hydrogen (secondary N) is 1.